The lowest BCUT2D eigenvalue weighted by Gasteiger charge is -2.15. The molecule has 0 bridgehead atoms. The lowest BCUT2D eigenvalue weighted by atomic mass is 10.1. The van der Waals surface area contributed by atoms with Gasteiger partial charge in [0.15, 0.2) is 0 Å². The molecule has 0 spiro atoms. The Kier molecular flexibility index (Phi) is 7.25. The zero-order valence-electron chi connectivity index (χ0n) is 11.4. The summed E-state index contributed by atoms with van der Waals surface area (Å²) in [6.07, 6.45) is 9.00. The van der Waals surface area contributed by atoms with Crippen LogP contribution in [0.2, 0.25) is 0 Å². The number of rotatable bonds is 8. The molecule has 0 radical (unpaired) electrons. The van der Waals surface area contributed by atoms with E-state index in [4.69, 9.17) is 4.74 Å². The number of nitrogens with zero attached hydrogens (tertiary/aromatic N) is 1. The molecule has 1 heterocycles. The number of carbonyl (C=O) groups excluding carboxylic acids is 1. The van der Waals surface area contributed by atoms with E-state index in [1.54, 1.807) is 0 Å². The Bertz CT molecular complexity index is 218. The van der Waals surface area contributed by atoms with E-state index in [1.165, 1.54) is 45.6 Å². The van der Waals surface area contributed by atoms with Gasteiger partial charge in [0.1, 0.15) is 0 Å². The van der Waals surface area contributed by atoms with Crippen molar-refractivity contribution in [1.82, 2.24) is 4.90 Å². The van der Waals surface area contributed by atoms with Gasteiger partial charge in [-0.15, -0.1) is 0 Å². The Hall–Kier alpha value is -0.570. The number of hydrogen-bond donors (Lipinski definition) is 0. The lowest BCUT2D eigenvalue weighted by molar-refractivity contribution is -0.144. The Balaban J connectivity index is 2.00. The fraction of sp³-hybridized carbons (Fsp3) is 0.929. The molecular weight excluding hydrogens is 214 g/mol. The van der Waals surface area contributed by atoms with E-state index in [0.717, 1.165) is 26.1 Å². The summed E-state index contributed by atoms with van der Waals surface area (Å²) in [5.41, 5.74) is 0. The Morgan fingerprint density at radius 1 is 1.24 bits per heavy atom. The van der Waals surface area contributed by atoms with Crippen LogP contribution in [-0.4, -0.2) is 37.6 Å². The number of hydrogen-bond acceptors (Lipinski definition) is 3. The molecule has 0 aromatic heterocycles. The van der Waals surface area contributed by atoms with Crippen molar-refractivity contribution in [2.45, 2.75) is 51.9 Å². The van der Waals surface area contributed by atoms with E-state index in [1.807, 2.05) is 0 Å². The van der Waals surface area contributed by atoms with E-state index in [-0.39, 0.29) is 11.9 Å². The maximum absolute atomic E-state index is 11.4. The third kappa shape index (κ3) is 5.53. The second-order valence-corrected chi connectivity index (χ2v) is 5.08. The van der Waals surface area contributed by atoms with Gasteiger partial charge in [-0.25, -0.2) is 0 Å². The molecule has 1 saturated heterocycles. The van der Waals surface area contributed by atoms with Crippen LogP contribution in [0.4, 0.5) is 0 Å². The first-order valence-corrected chi connectivity index (χ1v) is 7.08. The molecule has 0 amide bonds. The molecule has 1 rings (SSSR count). The molecular formula is C14H27NO2. The third-order valence-corrected chi connectivity index (χ3v) is 3.63. The number of unbranched alkanes of at least 4 members (excludes halogenated alkanes) is 5. The highest BCUT2D eigenvalue weighted by Crippen LogP contribution is 2.18. The smallest absolute Gasteiger partial charge is 0.310 e. The van der Waals surface area contributed by atoms with Crippen molar-refractivity contribution < 1.29 is 9.53 Å². The topological polar surface area (TPSA) is 29.5 Å². The Morgan fingerprint density at radius 3 is 2.65 bits per heavy atom. The van der Waals surface area contributed by atoms with Crippen LogP contribution in [0.1, 0.15) is 51.9 Å². The molecule has 100 valence electrons. The molecule has 1 atom stereocenters. The zero-order valence-corrected chi connectivity index (χ0v) is 11.4. The van der Waals surface area contributed by atoms with Crippen LogP contribution in [0.15, 0.2) is 0 Å². The van der Waals surface area contributed by atoms with Gasteiger partial charge in [0.2, 0.25) is 0 Å². The first kappa shape index (κ1) is 14.5. The minimum absolute atomic E-state index is 0.0320. The largest absolute Gasteiger partial charge is 0.469 e. The van der Waals surface area contributed by atoms with Crippen LogP contribution >= 0.6 is 0 Å². The van der Waals surface area contributed by atoms with Crippen LogP contribution in [0.3, 0.4) is 0 Å². The fourth-order valence-electron chi connectivity index (χ4n) is 2.51. The summed E-state index contributed by atoms with van der Waals surface area (Å²) in [5.74, 6) is 0.0931. The van der Waals surface area contributed by atoms with Gasteiger partial charge in [-0.2, -0.15) is 0 Å². The van der Waals surface area contributed by atoms with Crippen LogP contribution in [-0.2, 0) is 9.53 Å². The summed E-state index contributed by atoms with van der Waals surface area (Å²) in [6, 6.07) is 0. The van der Waals surface area contributed by atoms with E-state index in [2.05, 4.69) is 11.8 Å². The van der Waals surface area contributed by atoms with Gasteiger partial charge in [-0.1, -0.05) is 39.0 Å². The number of likely N-dealkylation sites (tertiary alicyclic amines) is 1. The summed E-state index contributed by atoms with van der Waals surface area (Å²) in [6.45, 7) is 5.37. The van der Waals surface area contributed by atoms with Crippen molar-refractivity contribution in [2.24, 2.45) is 5.92 Å². The standard InChI is InChI=1S/C14H27NO2/c1-3-4-5-6-7-8-10-15-11-9-13(12-15)14(16)17-2/h13H,3-12H2,1-2H3. The summed E-state index contributed by atoms with van der Waals surface area (Å²) < 4.78 is 4.79. The zero-order chi connectivity index (χ0) is 12.5. The van der Waals surface area contributed by atoms with E-state index in [0.29, 0.717) is 0 Å². The summed E-state index contributed by atoms with van der Waals surface area (Å²) in [5, 5.41) is 0. The normalized spacial score (nSPS) is 20.7. The van der Waals surface area contributed by atoms with Crippen molar-refractivity contribution in [3.05, 3.63) is 0 Å². The first-order chi connectivity index (χ1) is 8.27. The molecule has 1 fully saturated rings. The predicted octanol–water partition coefficient (Wildman–Crippen LogP) is 2.84. The average Bonchev–Trinajstić information content (AvgIpc) is 2.81. The van der Waals surface area contributed by atoms with Gasteiger partial charge < -0.3 is 9.64 Å². The lowest BCUT2D eigenvalue weighted by Crippen LogP contribution is -2.24. The molecule has 3 heteroatoms. The molecule has 3 nitrogen and oxygen atoms in total. The minimum Gasteiger partial charge on any atom is -0.469 e. The molecule has 0 saturated carbocycles. The average molecular weight is 241 g/mol. The third-order valence-electron chi connectivity index (χ3n) is 3.63. The highest BCUT2D eigenvalue weighted by Gasteiger charge is 2.28. The highest BCUT2D eigenvalue weighted by molar-refractivity contribution is 5.72. The molecule has 1 aliphatic heterocycles. The summed E-state index contributed by atoms with van der Waals surface area (Å²) >= 11 is 0. The number of carbonyl (C=O) groups is 1. The first-order valence-electron chi connectivity index (χ1n) is 7.08. The number of ether oxygens (including phenoxy) is 1. The van der Waals surface area contributed by atoms with E-state index < -0.39 is 0 Å². The van der Waals surface area contributed by atoms with Crippen LogP contribution in [0.25, 0.3) is 0 Å². The SMILES string of the molecule is CCCCCCCCN1CCC(C(=O)OC)C1. The van der Waals surface area contributed by atoms with Gasteiger partial charge in [-0.05, 0) is 25.9 Å². The second-order valence-electron chi connectivity index (χ2n) is 5.08. The Morgan fingerprint density at radius 2 is 1.94 bits per heavy atom. The summed E-state index contributed by atoms with van der Waals surface area (Å²) in [7, 11) is 1.48. The molecule has 0 aromatic carbocycles. The van der Waals surface area contributed by atoms with Gasteiger partial charge in [0.05, 0.1) is 13.0 Å². The second kappa shape index (κ2) is 8.51. The van der Waals surface area contributed by atoms with Crippen molar-refractivity contribution >= 4 is 5.97 Å². The number of methoxy groups -OCH3 is 1. The van der Waals surface area contributed by atoms with Crippen molar-refractivity contribution in [1.29, 1.82) is 0 Å². The maximum atomic E-state index is 11.4. The predicted molar refractivity (Wildman–Crippen MR) is 69.9 cm³/mol. The monoisotopic (exact) mass is 241 g/mol. The van der Waals surface area contributed by atoms with Gasteiger partial charge >= 0.3 is 5.97 Å². The Labute approximate surface area is 106 Å². The molecule has 1 unspecified atom stereocenters. The fourth-order valence-corrected chi connectivity index (χ4v) is 2.51. The number of esters is 1. The molecule has 0 N–H and O–H groups in total. The molecule has 17 heavy (non-hydrogen) atoms. The van der Waals surface area contributed by atoms with Crippen molar-refractivity contribution in [3.8, 4) is 0 Å². The van der Waals surface area contributed by atoms with E-state index in [9.17, 15) is 4.79 Å². The van der Waals surface area contributed by atoms with Crippen molar-refractivity contribution in [2.75, 3.05) is 26.7 Å². The van der Waals surface area contributed by atoms with Crippen LogP contribution in [0, 0.1) is 5.92 Å². The minimum atomic E-state index is -0.0320. The van der Waals surface area contributed by atoms with Crippen LogP contribution < -0.4 is 0 Å². The van der Waals surface area contributed by atoms with Gasteiger partial charge in [-0.3, -0.25) is 4.79 Å². The maximum Gasteiger partial charge on any atom is 0.310 e. The molecule has 1 aliphatic rings. The summed E-state index contributed by atoms with van der Waals surface area (Å²) in [4.78, 5) is 13.8. The van der Waals surface area contributed by atoms with Gasteiger partial charge in [0.25, 0.3) is 0 Å². The quantitative estimate of drug-likeness (QED) is 0.483. The highest BCUT2D eigenvalue weighted by atomic mass is 16.5. The van der Waals surface area contributed by atoms with Crippen molar-refractivity contribution in [3.63, 3.8) is 0 Å². The van der Waals surface area contributed by atoms with Gasteiger partial charge in [0, 0.05) is 6.54 Å². The van der Waals surface area contributed by atoms with E-state index >= 15 is 0 Å². The van der Waals surface area contributed by atoms with Crippen LogP contribution in [0.5, 0.6) is 0 Å². The molecule has 0 aromatic rings. The molecule has 0 aliphatic carbocycles.